The molecule has 140 valence electrons. The van der Waals surface area contributed by atoms with Crippen LogP contribution in [0.5, 0.6) is 0 Å². The molecule has 1 fully saturated rings. The molecule has 2 rings (SSSR count). The number of benzene rings is 1. The van der Waals surface area contributed by atoms with Gasteiger partial charge in [0.1, 0.15) is 5.75 Å². The summed E-state index contributed by atoms with van der Waals surface area (Å²) in [4.78, 5) is 13.6. The van der Waals surface area contributed by atoms with Crippen LogP contribution in [0.15, 0.2) is 30.3 Å². The summed E-state index contributed by atoms with van der Waals surface area (Å²) in [5, 5.41) is 0. The lowest BCUT2D eigenvalue weighted by Gasteiger charge is -2.31. The summed E-state index contributed by atoms with van der Waals surface area (Å²) in [5.74, 6) is 0.0291. The minimum atomic E-state index is -3.58. The molecule has 0 unspecified atom stereocenters. The van der Waals surface area contributed by atoms with Crippen molar-refractivity contribution in [3.8, 4) is 0 Å². The van der Waals surface area contributed by atoms with Gasteiger partial charge in [0.25, 0.3) is 10.1 Å². The first kappa shape index (κ1) is 19.7. The van der Waals surface area contributed by atoms with Gasteiger partial charge < -0.3 is 9.64 Å². The number of hydrogen-bond donors (Lipinski definition) is 0. The summed E-state index contributed by atoms with van der Waals surface area (Å²) in [6, 6.07) is 8.99. The largest absolute Gasteiger partial charge is 0.449 e. The van der Waals surface area contributed by atoms with Crippen molar-refractivity contribution in [1.29, 1.82) is 0 Å². The van der Waals surface area contributed by atoms with E-state index < -0.39 is 10.1 Å². The number of nitrogens with zero attached hydrogens (tertiary/aromatic N) is 1. The Labute approximate surface area is 150 Å². The number of likely N-dealkylation sites (tertiary alicyclic amines) is 1. The lowest BCUT2D eigenvalue weighted by atomic mass is 9.98. The molecule has 0 radical (unpaired) electrons. The van der Waals surface area contributed by atoms with Crippen molar-refractivity contribution in [1.82, 2.24) is 4.90 Å². The second-order valence-electron chi connectivity index (χ2n) is 6.37. The van der Waals surface area contributed by atoms with Crippen molar-refractivity contribution in [2.45, 2.75) is 38.4 Å². The summed E-state index contributed by atoms with van der Waals surface area (Å²) < 4.78 is 34.5. The van der Waals surface area contributed by atoms with Crippen molar-refractivity contribution >= 4 is 16.2 Å². The zero-order valence-electron chi connectivity index (χ0n) is 14.7. The molecule has 0 bridgehead atoms. The summed E-state index contributed by atoms with van der Waals surface area (Å²) in [7, 11) is -3.58. The van der Waals surface area contributed by atoms with Crippen molar-refractivity contribution in [3.05, 3.63) is 35.9 Å². The van der Waals surface area contributed by atoms with E-state index in [1.807, 2.05) is 13.0 Å². The van der Waals surface area contributed by atoms with Crippen LogP contribution < -0.4 is 0 Å². The number of ether oxygens (including phenoxy) is 1. The summed E-state index contributed by atoms with van der Waals surface area (Å²) in [5.41, 5.74) is 0.715. The molecule has 0 atom stereocenters. The highest BCUT2D eigenvalue weighted by Crippen LogP contribution is 2.20. The maximum Gasteiger partial charge on any atom is 0.409 e. The number of piperidine rings is 1. The quantitative estimate of drug-likeness (QED) is 0.520. The van der Waals surface area contributed by atoms with Gasteiger partial charge in [-0.05, 0) is 30.7 Å². The van der Waals surface area contributed by atoms with E-state index in [2.05, 4.69) is 0 Å². The molecule has 0 spiro atoms. The van der Waals surface area contributed by atoms with Crippen LogP contribution in [0.4, 0.5) is 4.79 Å². The molecule has 1 heterocycles. The van der Waals surface area contributed by atoms with Gasteiger partial charge in [-0.15, -0.1) is 0 Å². The number of hydrogen-bond acceptors (Lipinski definition) is 5. The van der Waals surface area contributed by atoms with Crippen molar-refractivity contribution in [3.63, 3.8) is 0 Å². The van der Waals surface area contributed by atoms with Gasteiger partial charge in [-0.2, -0.15) is 8.42 Å². The first-order valence-electron chi connectivity index (χ1n) is 8.83. The van der Waals surface area contributed by atoms with Gasteiger partial charge in [0.2, 0.25) is 0 Å². The Morgan fingerprint density at radius 1 is 1.20 bits per heavy atom. The molecule has 1 saturated heterocycles. The number of amides is 1. The Morgan fingerprint density at radius 2 is 1.88 bits per heavy atom. The van der Waals surface area contributed by atoms with Crippen molar-refractivity contribution < 1.29 is 22.1 Å². The van der Waals surface area contributed by atoms with Crippen LogP contribution in [0.3, 0.4) is 0 Å². The third kappa shape index (κ3) is 7.04. The monoisotopic (exact) mass is 369 g/mol. The SMILES string of the molecule is CCCCOC(=O)N1CCC(COS(=O)(=O)Cc2ccccc2)CC1. The van der Waals surface area contributed by atoms with Crippen LogP contribution in [0.2, 0.25) is 0 Å². The minimum Gasteiger partial charge on any atom is -0.449 e. The first-order chi connectivity index (χ1) is 12.0. The van der Waals surface area contributed by atoms with Crippen LogP contribution >= 0.6 is 0 Å². The second kappa shape index (κ2) is 9.77. The maximum atomic E-state index is 12.1. The highest BCUT2D eigenvalue weighted by molar-refractivity contribution is 7.85. The predicted octanol–water partition coefficient (Wildman–Crippen LogP) is 3.18. The molecule has 1 aliphatic rings. The van der Waals surface area contributed by atoms with Crippen molar-refractivity contribution in [2.24, 2.45) is 5.92 Å². The molecule has 0 aromatic heterocycles. The zero-order valence-corrected chi connectivity index (χ0v) is 15.5. The van der Waals surface area contributed by atoms with E-state index in [0.717, 1.165) is 25.7 Å². The third-order valence-electron chi connectivity index (χ3n) is 4.27. The highest BCUT2D eigenvalue weighted by Gasteiger charge is 2.25. The fourth-order valence-electron chi connectivity index (χ4n) is 2.70. The van der Waals surface area contributed by atoms with E-state index in [9.17, 15) is 13.2 Å². The number of carbonyl (C=O) groups is 1. The molecular formula is C18H27NO5S. The Morgan fingerprint density at radius 3 is 2.52 bits per heavy atom. The Kier molecular flexibility index (Phi) is 7.71. The average Bonchev–Trinajstić information content (AvgIpc) is 2.61. The third-order valence-corrected chi connectivity index (χ3v) is 5.45. The molecule has 6 nitrogen and oxygen atoms in total. The average molecular weight is 369 g/mol. The molecule has 1 aromatic carbocycles. The second-order valence-corrected chi connectivity index (χ2v) is 8.01. The molecule has 0 N–H and O–H groups in total. The van der Waals surface area contributed by atoms with Gasteiger partial charge in [-0.1, -0.05) is 43.7 Å². The smallest absolute Gasteiger partial charge is 0.409 e. The Balaban J connectivity index is 1.70. The number of carbonyl (C=O) groups excluding carboxylic acids is 1. The van der Waals surface area contributed by atoms with Gasteiger partial charge in [0, 0.05) is 13.1 Å². The fraction of sp³-hybridized carbons (Fsp3) is 0.611. The number of rotatable bonds is 8. The van der Waals surface area contributed by atoms with Crippen LogP contribution in [0.25, 0.3) is 0 Å². The Bertz CT molecular complexity index is 624. The molecule has 25 heavy (non-hydrogen) atoms. The first-order valence-corrected chi connectivity index (χ1v) is 10.4. The van der Waals surface area contributed by atoms with E-state index in [4.69, 9.17) is 8.92 Å². The minimum absolute atomic E-state index is 0.115. The van der Waals surface area contributed by atoms with Crippen molar-refractivity contribution in [2.75, 3.05) is 26.3 Å². The maximum absolute atomic E-state index is 12.1. The summed E-state index contributed by atoms with van der Waals surface area (Å²) in [6.45, 7) is 3.84. The van der Waals surface area contributed by atoms with E-state index in [0.29, 0.717) is 25.3 Å². The summed E-state index contributed by atoms with van der Waals surface area (Å²) >= 11 is 0. The fourth-order valence-corrected chi connectivity index (χ4v) is 3.78. The zero-order chi connectivity index (χ0) is 18.1. The van der Waals surface area contributed by atoms with Gasteiger partial charge in [0.15, 0.2) is 0 Å². The standard InChI is InChI=1S/C18H27NO5S/c1-2-3-13-23-18(20)19-11-9-16(10-12-19)14-24-25(21,22)15-17-7-5-4-6-8-17/h4-8,16H,2-3,9-15H2,1H3. The predicted molar refractivity (Wildman–Crippen MR) is 95.6 cm³/mol. The van der Waals surface area contributed by atoms with E-state index in [-0.39, 0.29) is 24.4 Å². The molecule has 0 saturated carbocycles. The molecule has 7 heteroatoms. The van der Waals surface area contributed by atoms with Gasteiger partial charge in [-0.25, -0.2) is 4.79 Å². The van der Waals surface area contributed by atoms with Gasteiger partial charge in [0.05, 0.1) is 13.2 Å². The number of unbranched alkanes of at least 4 members (excludes halogenated alkanes) is 1. The Hall–Kier alpha value is -1.60. The van der Waals surface area contributed by atoms with Crippen LogP contribution in [-0.2, 0) is 24.8 Å². The lowest BCUT2D eigenvalue weighted by Crippen LogP contribution is -2.40. The molecule has 1 aliphatic heterocycles. The topological polar surface area (TPSA) is 72.9 Å². The van der Waals surface area contributed by atoms with Gasteiger partial charge in [-0.3, -0.25) is 4.18 Å². The highest BCUT2D eigenvalue weighted by atomic mass is 32.2. The normalized spacial score (nSPS) is 16.0. The van der Waals surface area contributed by atoms with E-state index in [1.165, 1.54) is 0 Å². The van der Waals surface area contributed by atoms with Crippen LogP contribution in [0, 0.1) is 5.92 Å². The molecule has 1 aromatic rings. The molecule has 1 amide bonds. The molecule has 0 aliphatic carbocycles. The van der Waals surface area contributed by atoms with E-state index in [1.54, 1.807) is 29.2 Å². The van der Waals surface area contributed by atoms with Crippen LogP contribution in [0.1, 0.15) is 38.2 Å². The van der Waals surface area contributed by atoms with Gasteiger partial charge >= 0.3 is 6.09 Å². The summed E-state index contributed by atoms with van der Waals surface area (Å²) in [6.07, 6.45) is 3.04. The molecular weight excluding hydrogens is 342 g/mol. The van der Waals surface area contributed by atoms with Crippen LogP contribution in [-0.4, -0.2) is 45.7 Å². The van der Waals surface area contributed by atoms with E-state index >= 15 is 0 Å². The lowest BCUT2D eigenvalue weighted by molar-refractivity contribution is 0.0804.